The normalized spacial score (nSPS) is 16.9. The van der Waals surface area contributed by atoms with Crippen LogP contribution in [0.2, 0.25) is 0 Å². The summed E-state index contributed by atoms with van der Waals surface area (Å²) in [7, 11) is 0. The van der Waals surface area contributed by atoms with Crippen LogP contribution in [0, 0.1) is 0 Å². The molecule has 6 nitrogen and oxygen atoms in total. The highest BCUT2D eigenvalue weighted by Gasteiger charge is 2.29. The van der Waals surface area contributed by atoms with Gasteiger partial charge >= 0.3 is 0 Å². The molecule has 3 rings (SSSR count). The zero-order valence-electron chi connectivity index (χ0n) is 12.3. The highest BCUT2D eigenvalue weighted by molar-refractivity contribution is 6.30. The Kier molecular flexibility index (Phi) is 3.29. The van der Waals surface area contributed by atoms with E-state index < -0.39 is 23.6 Å². The summed E-state index contributed by atoms with van der Waals surface area (Å²) in [6.07, 6.45) is 4.68. The minimum Gasteiger partial charge on any atom is -0.269 e. The Bertz CT molecular complexity index is 752. The number of allylic oxidation sites excluding steroid dienone is 1. The molecule has 23 heavy (non-hydrogen) atoms. The molecule has 114 valence electrons. The maximum atomic E-state index is 11.9. The predicted molar refractivity (Wildman–Crippen MR) is 84.4 cm³/mol. The summed E-state index contributed by atoms with van der Waals surface area (Å²) < 4.78 is 0. The van der Waals surface area contributed by atoms with Crippen LogP contribution in [0.15, 0.2) is 49.1 Å². The van der Waals surface area contributed by atoms with E-state index in [2.05, 4.69) is 6.58 Å². The summed E-state index contributed by atoms with van der Waals surface area (Å²) in [6, 6.07) is 4.69. The standard InChI is InChI=1S/C17H12N2O4/c1-10(2)11-7-12(18-14(20)3-4-15(18)21)9-13(8-11)19-16(22)5-6-17(19)23/h3-9H,1H2,2H3. The lowest BCUT2D eigenvalue weighted by atomic mass is 10.1. The van der Waals surface area contributed by atoms with Gasteiger partial charge in [0.1, 0.15) is 0 Å². The maximum absolute atomic E-state index is 11.9. The van der Waals surface area contributed by atoms with Gasteiger partial charge in [-0.25, -0.2) is 9.80 Å². The van der Waals surface area contributed by atoms with Gasteiger partial charge in [0, 0.05) is 24.3 Å². The molecule has 6 heteroatoms. The Balaban J connectivity index is 2.13. The zero-order chi connectivity index (χ0) is 16.7. The Morgan fingerprint density at radius 2 is 1.09 bits per heavy atom. The van der Waals surface area contributed by atoms with Crippen molar-refractivity contribution in [3.05, 3.63) is 54.6 Å². The van der Waals surface area contributed by atoms with Gasteiger partial charge in [-0.05, 0) is 30.7 Å². The summed E-state index contributed by atoms with van der Waals surface area (Å²) >= 11 is 0. The van der Waals surface area contributed by atoms with Crippen LogP contribution in [0.25, 0.3) is 5.57 Å². The average Bonchev–Trinajstić information content (AvgIpc) is 3.01. The van der Waals surface area contributed by atoms with Crippen LogP contribution >= 0.6 is 0 Å². The number of hydrogen-bond acceptors (Lipinski definition) is 4. The third-order valence-electron chi connectivity index (χ3n) is 3.53. The van der Waals surface area contributed by atoms with Gasteiger partial charge in [-0.3, -0.25) is 19.2 Å². The SMILES string of the molecule is C=C(C)c1cc(N2C(=O)C=CC2=O)cc(N2C(=O)C=CC2=O)c1. The van der Waals surface area contributed by atoms with Gasteiger partial charge in [-0.15, -0.1) is 0 Å². The molecule has 1 aromatic rings. The number of rotatable bonds is 3. The number of carbonyl (C=O) groups is 4. The molecule has 1 aromatic carbocycles. The van der Waals surface area contributed by atoms with Crippen molar-refractivity contribution >= 4 is 40.6 Å². The largest absolute Gasteiger partial charge is 0.269 e. The molecule has 0 aliphatic carbocycles. The van der Waals surface area contributed by atoms with Crippen molar-refractivity contribution in [3.63, 3.8) is 0 Å². The fraction of sp³-hybridized carbons (Fsp3) is 0.0588. The molecule has 0 aromatic heterocycles. The second-order valence-corrected chi connectivity index (χ2v) is 5.21. The molecule has 2 aliphatic heterocycles. The van der Waals surface area contributed by atoms with Gasteiger partial charge in [-0.2, -0.15) is 0 Å². The minimum atomic E-state index is -0.475. The summed E-state index contributed by atoms with van der Waals surface area (Å²) in [6.45, 7) is 5.58. The molecule has 0 saturated heterocycles. The number of hydrogen-bond donors (Lipinski definition) is 0. The Morgan fingerprint density at radius 1 is 0.739 bits per heavy atom. The van der Waals surface area contributed by atoms with E-state index in [9.17, 15) is 19.2 Å². The number of nitrogens with zero attached hydrogens (tertiary/aromatic N) is 2. The molecule has 0 unspecified atom stereocenters. The molecule has 0 saturated carbocycles. The summed E-state index contributed by atoms with van der Waals surface area (Å²) in [5.41, 5.74) is 1.87. The van der Waals surface area contributed by atoms with Crippen LogP contribution in [-0.2, 0) is 19.2 Å². The quantitative estimate of drug-likeness (QED) is 0.795. The van der Waals surface area contributed by atoms with Crippen molar-refractivity contribution < 1.29 is 19.2 Å². The van der Waals surface area contributed by atoms with E-state index in [0.717, 1.165) is 9.80 Å². The summed E-state index contributed by atoms with van der Waals surface area (Å²) in [4.78, 5) is 49.4. The van der Waals surface area contributed by atoms with Crippen molar-refractivity contribution in [2.45, 2.75) is 6.92 Å². The first-order chi connectivity index (χ1) is 10.9. The predicted octanol–water partition coefficient (Wildman–Crippen LogP) is 1.58. The van der Waals surface area contributed by atoms with E-state index in [1.807, 2.05) is 0 Å². The highest BCUT2D eigenvalue weighted by Crippen LogP contribution is 2.31. The van der Waals surface area contributed by atoms with Crippen LogP contribution in [-0.4, -0.2) is 23.6 Å². The van der Waals surface area contributed by atoms with Crippen molar-refractivity contribution in [1.29, 1.82) is 0 Å². The molecule has 0 bridgehead atoms. The van der Waals surface area contributed by atoms with E-state index >= 15 is 0 Å². The first-order valence-corrected chi connectivity index (χ1v) is 6.82. The van der Waals surface area contributed by atoms with Gasteiger partial charge in [0.05, 0.1) is 11.4 Å². The van der Waals surface area contributed by atoms with Crippen molar-refractivity contribution in [2.24, 2.45) is 0 Å². The van der Waals surface area contributed by atoms with Gasteiger partial charge in [-0.1, -0.05) is 12.2 Å². The van der Waals surface area contributed by atoms with Crippen LogP contribution < -0.4 is 9.80 Å². The van der Waals surface area contributed by atoms with Gasteiger partial charge in [0.15, 0.2) is 0 Å². The molecule has 2 heterocycles. The first kappa shape index (κ1) is 14.6. The number of imide groups is 2. The molecule has 0 fully saturated rings. The lowest BCUT2D eigenvalue weighted by molar-refractivity contribution is -0.121. The van der Waals surface area contributed by atoms with E-state index in [-0.39, 0.29) is 11.4 Å². The average molecular weight is 308 g/mol. The summed E-state index contributed by atoms with van der Waals surface area (Å²) in [5, 5.41) is 0. The minimum absolute atomic E-state index is 0.285. The van der Waals surface area contributed by atoms with E-state index in [1.165, 1.54) is 30.4 Å². The smallest absolute Gasteiger partial charge is 0.258 e. The number of amides is 4. The van der Waals surface area contributed by atoms with Crippen molar-refractivity contribution in [3.8, 4) is 0 Å². The Hall–Kier alpha value is -3.28. The number of anilines is 2. The first-order valence-electron chi connectivity index (χ1n) is 6.82. The van der Waals surface area contributed by atoms with Gasteiger partial charge in [0.2, 0.25) is 0 Å². The maximum Gasteiger partial charge on any atom is 0.258 e. The lowest BCUT2D eigenvalue weighted by Gasteiger charge is -2.20. The van der Waals surface area contributed by atoms with Gasteiger partial charge < -0.3 is 0 Å². The number of carbonyl (C=O) groups excluding carboxylic acids is 4. The number of benzene rings is 1. The van der Waals surface area contributed by atoms with Crippen LogP contribution in [0.3, 0.4) is 0 Å². The molecular formula is C17H12N2O4. The fourth-order valence-electron chi connectivity index (χ4n) is 2.41. The molecule has 0 atom stereocenters. The van der Waals surface area contributed by atoms with E-state index in [4.69, 9.17) is 0 Å². The third-order valence-corrected chi connectivity index (χ3v) is 3.53. The van der Waals surface area contributed by atoms with Crippen LogP contribution in [0.4, 0.5) is 11.4 Å². The van der Waals surface area contributed by atoms with E-state index in [1.54, 1.807) is 19.1 Å². The van der Waals surface area contributed by atoms with E-state index in [0.29, 0.717) is 11.1 Å². The van der Waals surface area contributed by atoms with Crippen molar-refractivity contribution in [2.75, 3.05) is 9.80 Å². The van der Waals surface area contributed by atoms with Gasteiger partial charge in [0.25, 0.3) is 23.6 Å². The molecule has 4 amide bonds. The second kappa shape index (κ2) is 5.17. The molecule has 2 aliphatic rings. The molecule has 0 spiro atoms. The van der Waals surface area contributed by atoms with Crippen molar-refractivity contribution in [1.82, 2.24) is 0 Å². The summed E-state index contributed by atoms with van der Waals surface area (Å²) in [5.74, 6) is -1.90. The second-order valence-electron chi connectivity index (χ2n) is 5.21. The zero-order valence-corrected chi connectivity index (χ0v) is 12.3. The van der Waals surface area contributed by atoms with Crippen LogP contribution in [0.1, 0.15) is 12.5 Å². The topological polar surface area (TPSA) is 74.8 Å². The third kappa shape index (κ3) is 2.40. The fourth-order valence-corrected chi connectivity index (χ4v) is 2.41. The Labute approximate surface area is 132 Å². The van der Waals surface area contributed by atoms with Crippen LogP contribution in [0.5, 0.6) is 0 Å². The Morgan fingerprint density at radius 3 is 1.39 bits per heavy atom. The molecule has 0 N–H and O–H groups in total. The highest BCUT2D eigenvalue weighted by atomic mass is 16.2. The molecule has 0 radical (unpaired) electrons. The molecular weight excluding hydrogens is 296 g/mol. The lowest BCUT2D eigenvalue weighted by Crippen LogP contribution is -2.32. The monoisotopic (exact) mass is 308 g/mol.